The fourth-order valence-corrected chi connectivity index (χ4v) is 3.77. The summed E-state index contributed by atoms with van der Waals surface area (Å²) in [5, 5.41) is 12.0. The van der Waals surface area contributed by atoms with E-state index in [9.17, 15) is 12.8 Å². The molecule has 0 atom stereocenters. The molecule has 0 saturated carbocycles. The van der Waals surface area contributed by atoms with Gasteiger partial charge >= 0.3 is 0 Å². The minimum Gasteiger partial charge on any atom is -0.356 e. The number of aliphatic imine (C=N–C) groups is 1. The molecule has 0 aliphatic carbocycles. The molecule has 0 aromatic heterocycles. The third kappa shape index (κ3) is 6.69. The number of primary sulfonamides is 1. The first-order valence-corrected chi connectivity index (χ1v) is 11.0. The van der Waals surface area contributed by atoms with Crippen molar-refractivity contribution in [2.24, 2.45) is 10.1 Å². The summed E-state index contributed by atoms with van der Waals surface area (Å²) in [5.74, 6) is 0.259. The molecule has 0 unspecified atom stereocenters. The number of halogens is 2. The van der Waals surface area contributed by atoms with Gasteiger partial charge in [0.05, 0.1) is 4.90 Å². The Kier molecular flexibility index (Phi) is 7.62. The van der Waals surface area contributed by atoms with E-state index in [1.807, 2.05) is 13.8 Å². The maximum atomic E-state index is 13.3. The van der Waals surface area contributed by atoms with Crippen LogP contribution in [0.3, 0.4) is 0 Å². The lowest BCUT2D eigenvalue weighted by Gasteiger charge is -2.27. The van der Waals surface area contributed by atoms with Crippen LogP contribution in [0.4, 0.5) is 4.39 Å². The Morgan fingerprint density at radius 3 is 2.38 bits per heavy atom. The van der Waals surface area contributed by atoms with Gasteiger partial charge in [-0.05, 0) is 41.8 Å². The highest BCUT2D eigenvalue weighted by molar-refractivity contribution is 7.89. The summed E-state index contributed by atoms with van der Waals surface area (Å²) in [6.45, 7) is 5.17. The van der Waals surface area contributed by atoms with Crippen LogP contribution in [-0.2, 0) is 21.9 Å². The molecule has 0 bridgehead atoms. The van der Waals surface area contributed by atoms with Gasteiger partial charge in [-0.25, -0.2) is 17.9 Å². The Morgan fingerprint density at radius 2 is 1.83 bits per heavy atom. The SMILES string of the molecule is CN=C(NCCc1ccc(S(N)(=O)=O)cc1)NCC(C)(C)c1ccc(F)cc1Cl. The van der Waals surface area contributed by atoms with E-state index in [1.165, 1.54) is 24.3 Å². The first-order chi connectivity index (χ1) is 13.5. The average Bonchev–Trinajstić information content (AvgIpc) is 2.64. The number of nitrogens with two attached hydrogens (primary N) is 1. The van der Waals surface area contributed by atoms with Gasteiger partial charge in [-0.15, -0.1) is 0 Å². The van der Waals surface area contributed by atoms with Gasteiger partial charge in [-0.2, -0.15) is 0 Å². The van der Waals surface area contributed by atoms with Crippen molar-refractivity contribution >= 4 is 27.6 Å². The molecule has 158 valence electrons. The lowest BCUT2D eigenvalue weighted by molar-refractivity contribution is 0.507. The Hall–Kier alpha value is -2.16. The molecule has 0 aliphatic heterocycles. The van der Waals surface area contributed by atoms with Crippen molar-refractivity contribution < 1.29 is 12.8 Å². The van der Waals surface area contributed by atoms with Crippen molar-refractivity contribution in [2.45, 2.75) is 30.6 Å². The maximum absolute atomic E-state index is 13.3. The number of hydrogen-bond donors (Lipinski definition) is 3. The van der Waals surface area contributed by atoms with Gasteiger partial charge in [-0.3, -0.25) is 4.99 Å². The Bertz CT molecular complexity index is 976. The van der Waals surface area contributed by atoms with Crippen LogP contribution in [0.15, 0.2) is 52.4 Å². The summed E-state index contributed by atoms with van der Waals surface area (Å²) in [4.78, 5) is 4.30. The van der Waals surface area contributed by atoms with E-state index in [-0.39, 0.29) is 16.1 Å². The number of hydrogen-bond acceptors (Lipinski definition) is 3. The van der Waals surface area contributed by atoms with E-state index in [0.29, 0.717) is 30.5 Å². The lowest BCUT2D eigenvalue weighted by atomic mass is 9.84. The van der Waals surface area contributed by atoms with Gasteiger partial charge in [-0.1, -0.05) is 43.6 Å². The summed E-state index contributed by atoms with van der Waals surface area (Å²) in [6.07, 6.45) is 0.679. The van der Waals surface area contributed by atoms with Gasteiger partial charge in [0, 0.05) is 30.6 Å². The minimum atomic E-state index is -3.68. The largest absolute Gasteiger partial charge is 0.356 e. The van der Waals surface area contributed by atoms with Crippen molar-refractivity contribution in [3.63, 3.8) is 0 Å². The quantitative estimate of drug-likeness (QED) is 0.455. The molecule has 2 aromatic rings. The normalized spacial score (nSPS) is 12.7. The summed E-state index contributed by atoms with van der Waals surface area (Å²) < 4.78 is 35.9. The van der Waals surface area contributed by atoms with Crippen molar-refractivity contribution in [1.29, 1.82) is 0 Å². The van der Waals surface area contributed by atoms with Gasteiger partial charge in [0.25, 0.3) is 0 Å². The fraction of sp³-hybridized carbons (Fsp3) is 0.350. The van der Waals surface area contributed by atoms with Gasteiger partial charge in [0.1, 0.15) is 5.82 Å². The van der Waals surface area contributed by atoms with E-state index >= 15 is 0 Å². The zero-order valence-electron chi connectivity index (χ0n) is 16.7. The van der Waals surface area contributed by atoms with E-state index in [2.05, 4.69) is 15.6 Å². The monoisotopic (exact) mass is 440 g/mol. The van der Waals surface area contributed by atoms with Crippen molar-refractivity contribution in [2.75, 3.05) is 20.1 Å². The summed E-state index contributed by atoms with van der Waals surface area (Å²) in [7, 11) is -2.01. The summed E-state index contributed by atoms with van der Waals surface area (Å²) in [5.41, 5.74) is 1.48. The van der Waals surface area contributed by atoms with E-state index in [4.69, 9.17) is 16.7 Å². The number of nitrogens with one attached hydrogen (secondary N) is 2. The topological polar surface area (TPSA) is 96.6 Å². The average molecular weight is 441 g/mol. The fourth-order valence-electron chi connectivity index (χ4n) is 2.83. The predicted molar refractivity (Wildman–Crippen MR) is 115 cm³/mol. The number of sulfonamides is 1. The van der Waals surface area contributed by atoms with E-state index < -0.39 is 10.0 Å². The van der Waals surface area contributed by atoms with Gasteiger partial charge in [0.15, 0.2) is 5.96 Å². The van der Waals surface area contributed by atoms with Crippen LogP contribution in [0.2, 0.25) is 5.02 Å². The van der Waals surface area contributed by atoms with Gasteiger partial charge in [0.2, 0.25) is 10.0 Å². The van der Waals surface area contributed by atoms with Crippen LogP contribution >= 0.6 is 11.6 Å². The predicted octanol–water partition coefficient (Wildman–Crippen LogP) is 2.81. The third-order valence-electron chi connectivity index (χ3n) is 4.54. The highest BCUT2D eigenvalue weighted by Crippen LogP contribution is 2.29. The number of nitrogens with zero attached hydrogens (tertiary/aromatic N) is 1. The Balaban J connectivity index is 1.89. The zero-order chi connectivity index (χ0) is 21.7. The molecule has 9 heteroatoms. The molecule has 6 nitrogen and oxygen atoms in total. The first-order valence-electron chi connectivity index (χ1n) is 9.05. The maximum Gasteiger partial charge on any atom is 0.238 e. The van der Waals surface area contributed by atoms with Crippen LogP contribution < -0.4 is 15.8 Å². The van der Waals surface area contributed by atoms with Crippen LogP contribution in [-0.4, -0.2) is 34.5 Å². The molecule has 0 saturated heterocycles. The standard InChI is InChI=1S/C20H26ClFN4O2S/c1-20(2,17-9-6-15(22)12-18(17)21)13-26-19(24-3)25-11-10-14-4-7-16(8-5-14)29(23,27)28/h4-9,12H,10-11,13H2,1-3H3,(H2,23,27,28)(H2,24,25,26). The molecule has 0 aliphatic rings. The molecule has 0 heterocycles. The van der Waals surface area contributed by atoms with E-state index in [1.54, 1.807) is 25.2 Å². The smallest absolute Gasteiger partial charge is 0.238 e. The highest BCUT2D eigenvalue weighted by atomic mass is 35.5. The highest BCUT2D eigenvalue weighted by Gasteiger charge is 2.24. The molecule has 0 fully saturated rings. The number of benzene rings is 2. The molecule has 4 N–H and O–H groups in total. The Morgan fingerprint density at radius 1 is 1.17 bits per heavy atom. The van der Waals surface area contributed by atoms with Gasteiger partial charge < -0.3 is 10.6 Å². The second-order valence-electron chi connectivity index (χ2n) is 7.30. The summed E-state index contributed by atoms with van der Waals surface area (Å²) >= 11 is 6.19. The number of rotatable bonds is 7. The zero-order valence-corrected chi connectivity index (χ0v) is 18.2. The lowest BCUT2D eigenvalue weighted by Crippen LogP contribution is -2.44. The second-order valence-corrected chi connectivity index (χ2v) is 9.27. The molecule has 29 heavy (non-hydrogen) atoms. The van der Waals surface area contributed by atoms with Crippen molar-refractivity contribution in [3.8, 4) is 0 Å². The number of guanidine groups is 1. The van der Waals surface area contributed by atoms with Crippen LogP contribution in [0.1, 0.15) is 25.0 Å². The molecule has 0 radical (unpaired) electrons. The second kappa shape index (κ2) is 9.56. The van der Waals surface area contributed by atoms with E-state index in [0.717, 1.165) is 11.1 Å². The van der Waals surface area contributed by atoms with Crippen LogP contribution in [0.25, 0.3) is 0 Å². The molecule has 0 amide bonds. The molecular formula is C20H26ClFN4O2S. The third-order valence-corrected chi connectivity index (χ3v) is 5.78. The first kappa shape index (κ1) is 23.1. The molecular weight excluding hydrogens is 415 g/mol. The molecule has 0 spiro atoms. The van der Waals surface area contributed by atoms with Crippen molar-refractivity contribution in [1.82, 2.24) is 10.6 Å². The molecule has 2 aromatic carbocycles. The summed E-state index contributed by atoms with van der Waals surface area (Å²) in [6, 6.07) is 10.9. The molecule has 2 rings (SSSR count). The minimum absolute atomic E-state index is 0.0911. The van der Waals surface area contributed by atoms with Crippen LogP contribution in [0.5, 0.6) is 0 Å². The van der Waals surface area contributed by atoms with Crippen molar-refractivity contribution in [3.05, 3.63) is 64.4 Å². The Labute approximate surface area is 176 Å². The van der Waals surface area contributed by atoms with Crippen LogP contribution in [0, 0.1) is 5.82 Å².